The van der Waals surface area contributed by atoms with Crippen molar-refractivity contribution >= 4 is 5.91 Å². The second kappa shape index (κ2) is 10.4. The first-order valence-electron chi connectivity index (χ1n) is 13.3. The van der Waals surface area contributed by atoms with Crippen LogP contribution in [0.5, 0.6) is 0 Å². The molecule has 1 amide bonds. The molecular formula is C28H40N4O. The Kier molecular flexibility index (Phi) is 7.15. The van der Waals surface area contributed by atoms with E-state index in [2.05, 4.69) is 40.3 Å². The van der Waals surface area contributed by atoms with Crippen molar-refractivity contribution in [2.45, 2.75) is 76.7 Å². The molecular weight excluding hydrogens is 408 g/mol. The largest absolute Gasteiger partial charge is 0.342 e. The van der Waals surface area contributed by atoms with Crippen molar-refractivity contribution in [3.05, 3.63) is 41.6 Å². The predicted octanol–water partition coefficient (Wildman–Crippen LogP) is 5.36. The first-order valence-corrected chi connectivity index (χ1v) is 13.3. The number of carbonyl (C=O) groups is 1. The minimum atomic E-state index is 0.222. The zero-order valence-electron chi connectivity index (χ0n) is 20.3. The van der Waals surface area contributed by atoms with Gasteiger partial charge in [-0.05, 0) is 69.5 Å². The summed E-state index contributed by atoms with van der Waals surface area (Å²) in [7, 11) is 2.02. The van der Waals surface area contributed by atoms with Crippen LogP contribution >= 0.6 is 0 Å². The standard InChI is InChI=1S/C28H40N4O/c1-30-20-26(21-31-18-14-25(15-19-31)28(33)32-16-6-3-7-17-32)27(29-30)24-12-10-23(11-13-24)22-8-4-2-5-9-22/h10-13,20,22,25H,2-9,14-19,21H2,1H3. The fraction of sp³-hybridized carbons (Fsp3) is 0.643. The first-order chi connectivity index (χ1) is 16.2. The predicted molar refractivity (Wildman–Crippen MR) is 133 cm³/mol. The van der Waals surface area contributed by atoms with Gasteiger partial charge < -0.3 is 4.90 Å². The number of likely N-dealkylation sites (tertiary alicyclic amines) is 2. The van der Waals surface area contributed by atoms with E-state index < -0.39 is 0 Å². The van der Waals surface area contributed by atoms with Crippen LogP contribution in [0.15, 0.2) is 30.5 Å². The lowest BCUT2D eigenvalue weighted by molar-refractivity contribution is -0.138. The summed E-state index contributed by atoms with van der Waals surface area (Å²) in [5.74, 6) is 1.37. The van der Waals surface area contributed by atoms with Gasteiger partial charge in [-0.3, -0.25) is 14.4 Å². The summed E-state index contributed by atoms with van der Waals surface area (Å²) >= 11 is 0. The molecule has 1 aliphatic carbocycles. The quantitative estimate of drug-likeness (QED) is 0.618. The monoisotopic (exact) mass is 448 g/mol. The third kappa shape index (κ3) is 5.34. The SMILES string of the molecule is Cn1cc(CN2CCC(C(=O)N3CCCCC3)CC2)c(-c2ccc(C3CCCCC3)cc2)n1. The Morgan fingerprint density at radius 3 is 2.24 bits per heavy atom. The molecule has 0 unspecified atom stereocenters. The van der Waals surface area contributed by atoms with E-state index >= 15 is 0 Å². The van der Waals surface area contributed by atoms with Gasteiger partial charge in [-0.2, -0.15) is 5.10 Å². The molecule has 2 aromatic rings. The Balaban J connectivity index is 1.20. The number of aromatic nitrogens is 2. The minimum absolute atomic E-state index is 0.222. The van der Waals surface area contributed by atoms with Gasteiger partial charge in [0.25, 0.3) is 0 Å². The van der Waals surface area contributed by atoms with Crippen molar-refractivity contribution in [3.63, 3.8) is 0 Å². The van der Waals surface area contributed by atoms with E-state index in [1.807, 2.05) is 11.7 Å². The molecule has 1 saturated carbocycles. The minimum Gasteiger partial charge on any atom is -0.342 e. The number of hydrogen-bond donors (Lipinski definition) is 0. The molecule has 5 rings (SSSR count). The van der Waals surface area contributed by atoms with Crippen molar-refractivity contribution in [2.24, 2.45) is 13.0 Å². The number of nitrogens with zero attached hydrogens (tertiary/aromatic N) is 4. The number of rotatable bonds is 5. The smallest absolute Gasteiger partial charge is 0.225 e. The summed E-state index contributed by atoms with van der Waals surface area (Å²) in [5.41, 5.74) is 5.12. The fourth-order valence-electron chi connectivity index (χ4n) is 6.20. The van der Waals surface area contributed by atoms with Gasteiger partial charge >= 0.3 is 0 Å². The third-order valence-electron chi connectivity index (χ3n) is 8.16. The molecule has 0 N–H and O–H groups in total. The Labute approximate surface area is 199 Å². The normalized spacial score (nSPS) is 21.4. The van der Waals surface area contributed by atoms with E-state index in [-0.39, 0.29) is 5.92 Å². The summed E-state index contributed by atoms with van der Waals surface area (Å²) in [4.78, 5) is 17.5. The highest BCUT2D eigenvalue weighted by Crippen LogP contribution is 2.34. The molecule has 33 heavy (non-hydrogen) atoms. The van der Waals surface area contributed by atoms with Gasteiger partial charge in [0.2, 0.25) is 5.91 Å². The molecule has 0 radical (unpaired) electrons. The van der Waals surface area contributed by atoms with Gasteiger partial charge in [0, 0.05) is 49.9 Å². The Morgan fingerprint density at radius 2 is 1.55 bits per heavy atom. The maximum Gasteiger partial charge on any atom is 0.225 e. The van der Waals surface area contributed by atoms with Gasteiger partial charge in [-0.25, -0.2) is 0 Å². The van der Waals surface area contributed by atoms with E-state index in [1.54, 1.807) is 0 Å². The molecule has 2 saturated heterocycles. The van der Waals surface area contributed by atoms with Crippen LogP contribution in [0.4, 0.5) is 0 Å². The molecule has 5 heteroatoms. The summed E-state index contributed by atoms with van der Waals surface area (Å²) in [6, 6.07) is 9.22. The highest BCUT2D eigenvalue weighted by atomic mass is 16.2. The van der Waals surface area contributed by atoms with Crippen molar-refractivity contribution in [1.29, 1.82) is 0 Å². The van der Waals surface area contributed by atoms with Crippen molar-refractivity contribution in [3.8, 4) is 11.3 Å². The average molecular weight is 449 g/mol. The fourth-order valence-corrected chi connectivity index (χ4v) is 6.20. The number of amides is 1. The van der Waals surface area contributed by atoms with Gasteiger partial charge in [-0.15, -0.1) is 0 Å². The van der Waals surface area contributed by atoms with Gasteiger partial charge in [0.05, 0.1) is 5.69 Å². The second-order valence-corrected chi connectivity index (χ2v) is 10.6. The van der Waals surface area contributed by atoms with E-state index in [9.17, 15) is 4.79 Å². The molecule has 1 aromatic carbocycles. The van der Waals surface area contributed by atoms with Crippen LogP contribution in [-0.2, 0) is 18.4 Å². The number of piperidine rings is 2. The number of carbonyl (C=O) groups excluding carboxylic acids is 1. The highest BCUT2D eigenvalue weighted by molar-refractivity contribution is 5.79. The summed E-state index contributed by atoms with van der Waals surface area (Å²) < 4.78 is 1.95. The molecule has 2 aliphatic heterocycles. The van der Waals surface area contributed by atoms with Gasteiger partial charge in [-0.1, -0.05) is 43.5 Å². The van der Waals surface area contributed by atoms with Crippen LogP contribution in [-0.4, -0.2) is 51.7 Å². The van der Waals surface area contributed by atoms with E-state index in [4.69, 9.17) is 5.10 Å². The van der Waals surface area contributed by atoms with Crippen LogP contribution in [0.2, 0.25) is 0 Å². The zero-order valence-corrected chi connectivity index (χ0v) is 20.3. The summed E-state index contributed by atoms with van der Waals surface area (Å²) in [6.45, 7) is 4.85. The zero-order chi connectivity index (χ0) is 22.6. The number of benzene rings is 1. The number of hydrogen-bond acceptors (Lipinski definition) is 3. The van der Waals surface area contributed by atoms with Gasteiger partial charge in [0.15, 0.2) is 0 Å². The lowest BCUT2D eigenvalue weighted by Crippen LogP contribution is -2.44. The van der Waals surface area contributed by atoms with Crippen molar-refractivity contribution in [1.82, 2.24) is 19.6 Å². The van der Waals surface area contributed by atoms with Crippen molar-refractivity contribution < 1.29 is 4.79 Å². The Hall–Kier alpha value is -2.14. The topological polar surface area (TPSA) is 41.4 Å². The molecule has 178 valence electrons. The molecule has 3 aliphatic rings. The second-order valence-electron chi connectivity index (χ2n) is 10.6. The summed E-state index contributed by atoms with van der Waals surface area (Å²) in [6.07, 6.45) is 14.6. The molecule has 5 nitrogen and oxygen atoms in total. The Bertz CT molecular complexity index is 914. The molecule has 0 spiro atoms. The van der Waals surface area contributed by atoms with Crippen LogP contribution in [0, 0.1) is 5.92 Å². The van der Waals surface area contributed by atoms with Gasteiger partial charge in [0.1, 0.15) is 0 Å². The van der Waals surface area contributed by atoms with E-state index in [0.717, 1.165) is 57.2 Å². The maximum absolute atomic E-state index is 12.9. The molecule has 3 heterocycles. The van der Waals surface area contributed by atoms with Crippen LogP contribution in [0.1, 0.15) is 81.3 Å². The first kappa shape index (κ1) is 22.6. The van der Waals surface area contributed by atoms with Crippen LogP contribution in [0.3, 0.4) is 0 Å². The molecule has 3 fully saturated rings. The van der Waals surface area contributed by atoms with Crippen LogP contribution in [0.25, 0.3) is 11.3 Å². The maximum atomic E-state index is 12.9. The highest BCUT2D eigenvalue weighted by Gasteiger charge is 2.29. The molecule has 1 aromatic heterocycles. The number of aryl methyl sites for hydroxylation is 1. The van der Waals surface area contributed by atoms with Crippen LogP contribution < -0.4 is 0 Å². The third-order valence-corrected chi connectivity index (χ3v) is 8.16. The van der Waals surface area contributed by atoms with E-state index in [0.29, 0.717) is 5.91 Å². The lowest BCUT2D eigenvalue weighted by atomic mass is 9.84. The van der Waals surface area contributed by atoms with Crippen molar-refractivity contribution in [2.75, 3.05) is 26.2 Å². The summed E-state index contributed by atoms with van der Waals surface area (Å²) in [5, 5.41) is 4.82. The Morgan fingerprint density at radius 1 is 0.879 bits per heavy atom. The molecule has 0 atom stereocenters. The lowest BCUT2D eigenvalue weighted by Gasteiger charge is -2.35. The van der Waals surface area contributed by atoms with E-state index in [1.165, 1.54) is 68.1 Å². The average Bonchev–Trinajstić information content (AvgIpc) is 3.25. The molecule has 0 bridgehead atoms.